The van der Waals surface area contributed by atoms with Crippen LogP contribution >= 0.6 is 30.3 Å². The van der Waals surface area contributed by atoms with Gasteiger partial charge in [-0.25, -0.2) is 23.7 Å². The van der Waals surface area contributed by atoms with E-state index >= 15 is 4.39 Å². The Hall–Kier alpha value is -2.87. The summed E-state index contributed by atoms with van der Waals surface area (Å²) in [5.41, 5.74) is 1.55. The summed E-state index contributed by atoms with van der Waals surface area (Å²) in [5, 5.41) is 3.49. The molecule has 12 heteroatoms. The lowest BCUT2D eigenvalue weighted by molar-refractivity contribution is -0.147. The number of esters is 1. The molecular formula is C23H21F2IN6O2S. The van der Waals surface area contributed by atoms with Crippen LogP contribution in [0.2, 0.25) is 0 Å². The zero-order chi connectivity index (χ0) is 25.1. The Morgan fingerprint density at radius 1 is 1.26 bits per heavy atom. The Labute approximate surface area is 216 Å². The predicted octanol–water partition coefficient (Wildman–Crippen LogP) is 5.68. The average molecular weight is 610 g/mol. The lowest BCUT2D eigenvalue weighted by Gasteiger charge is -2.21. The van der Waals surface area contributed by atoms with E-state index in [9.17, 15) is 9.18 Å². The predicted molar refractivity (Wildman–Crippen MR) is 140 cm³/mol. The van der Waals surface area contributed by atoms with Gasteiger partial charge < -0.3 is 10.1 Å². The second kappa shape index (κ2) is 10.8. The van der Waals surface area contributed by atoms with Crippen molar-refractivity contribution in [3.63, 3.8) is 0 Å². The van der Waals surface area contributed by atoms with Gasteiger partial charge in [-0.3, -0.25) is 13.8 Å². The largest absolute Gasteiger partial charge is 0.466 e. The fraction of sp³-hybridized carbons (Fsp3) is 0.261. The highest BCUT2D eigenvalue weighted by Gasteiger charge is 2.26. The minimum atomic E-state index is -0.681. The molecule has 0 aliphatic rings. The smallest absolute Gasteiger partial charge is 0.310 e. The molecular weight excluding hydrogens is 589 g/mol. The first kappa shape index (κ1) is 25.2. The van der Waals surface area contributed by atoms with Crippen LogP contribution in [-0.4, -0.2) is 42.5 Å². The topological polar surface area (TPSA) is 94.8 Å². The highest BCUT2D eigenvalue weighted by atomic mass is 127. The molecule has 4 aromatic heterocycles. The van der Waals surface area contributed by atoms with Gasteiger partial charge in [0, 0.05) is 71.5 Å². The Morgan fingerprint density at radius 2 is 2.00 bits per heavy atom. The van der Waals surface area contributed by atoms with Gasteiger partial charge in [0.05, 0.1) is 18.7 Å². The Morgan fingerprint density at radius 3 is 2.69 bits per heavy atom. The standard InChI is InChI=1S/C23H21F2IN6O2S/c1-4-34-23(33)12(2)13(3)29-21-18(25)19(14-5-7-27-8-6-14)30-20(31-21)17-11-32(35-26)22-16(17)9-15(24)10-28-22/h5-13H,4H2,1-3H3,(H,29,30,31)/t12-,13-/m0/s1. The molecule has 182 valence electrons. The van der Waals surface area contributed by atoms with E-state index in [4.69, 9.17) is 4.74 Å². The number of halogens is 3. The number of nitrogens with one attached hydrogen (secondary N) is 1. The zero-order valence-corrected chi connectivity index (χ0v) is 22.0. The molecule has 35 heavy (non-hydrogen) atoms. The third kappa shape index (κ3) is 5.22. The number of aromatic nitrogens is 5. The third-order valence-electron chi connectivity index (χ3n) is 5.47. The number of fused-ring (bicyclic) bond motifs is 1. The van der Waals surface area contributed by atoms with Crippen molar-refractivity contribution in [3.8, 4) is 22.6 Å². The summed E-state index contributed by atoms with van der Waals surface area (Å²) in [6.45, 7) is 5.41. The van der Waals surface area contributed by atoms with Crippen LogP contribution in [0, 0.1) is 17.6 Å². The van der Waals surface area contributed by atoms with E-state index < -0.39 is 29.6 Å². The first-order chi connectivity index (χ1) is 16.8. The highest BCUT2D eigenvalue weighted by Crippen LogP contribution is 2.35. The second-order valence-corrected chi connectivity index (χ2v) is 9.44. The number of pyridine rings is 2. The molecule has 0 radical (unpaired) electrons. The van der Waals surface area contributed by atoms with Crippen LogP contribution in [-0.2, 0) is 9.53 Å². The summed E-state index contributed by atoms with van der Waals surface area (Å²) in [5.74, 6) is -2.06. The van der Waals surface area contributed by atoms with Gasteiger partial charge in [0.15, 0.2) is 23.1 Å². The number of rotatable bonds is 8. The monoisotopic (exact) mass is 610 g/mol. The number of ether oxygens (including phenoxy) is 1. The number of hydrogen-bond donors (Lipinski definition) is 1. The molecule has 2 atom stereocenters. The lowest BCUT2D eigenvalue weighted by atomic mass is 10.0. The number of carbonyl (C=O) groups is 1. The van der Waals surface area contributed by atoms with Crippen molar-refractivity contribution >= 4 is 53.1 Å². The number of carbonyl (C=O) groups excluding carboxylic acids is 1. The van der Waals surface area contributed by atoms with Crippen LogP contribution in [0.5, 0.6) is 0 Å². The maximum Gasteiger partial charge on any atom is 0.310 e. The fourth-order valence-electron chi connectivity index (χ4n) is 3.47. The molecule has 1 N–H and O–H groups in total. The van der Waals surface area contributed by atoms with Gasteiger partial charge in [-0.05, 0) is 39.0 Å². The molecule has 0 unspecified atom stereocenters. The van der Waals surface area contributed by atoms with E-state index in [-0.39, 0.29) is 23.9 Å². The number of anilines is 1. The van der Waals surface area contributed by atoms with Gasteiger partial charge in [0.1, 0.15) is 11.5 Å². The minimum Gasteiger partial charge on any atom is -0.466 e. The van der Waals surface area contributed by atoms with E-state index in [1.54, 1.807) is 43.1 Å². The van der Waals surface area contributed by atoms with Crippen molar-refractivity contribution in [1.82, 2.24) is 23.9 Å². The normalized spacial score (nSPS) is 13.0. The third-order valence-corrected chi connectivity index (χ3v) is 7.17. The maximum absolute atomic E-state index is 15.7. The van der Waals surface area contributed by atoms with Crippen LogP contribution in [0.15, 0.2) is 43.0 Å². The summed E-state index contributed by atoms with van der Waals surface area (Å²) in [6, 6.07) is 4.11. The summed E-state index contributed by atoms with van der Waals surface area (Å²) in [7, 11) is 1.35. The minimum absolute atomic E-state index is 0.0447. The number of hydrogen-bond acceptors (Lipinski definition) is 8. The molecule has 0 fully saturated rings. The van der Waals surface area contributed by atoms with Gasteiger partial charge >= 0.3 is 5.97 Å². The van der Waals surface area contributed by atoms with Crippen LogP contribution in [0.3, 0.4) is 0 Å². The summed E-state index contributed by atoms with van der Waals surface area (Å²) >= 11 is 2.09. The van der Waals surface area contributed by atoms with Crippen molar-refractivity contribution in [2.45, 2.75) is 26.8 Å². The molecule has 8 nitrogen and oxygen atoms in total. The van der Waals surface area contributed by atoms with Crippen molar-refractivity contribution in [1.29, 1.82) is 0 Å². The summed E-state index contributed by atoms with van der Waals surface area (Å²) < 4.78 is 36.6. The van der Waals surface area contributed by atoms with Gasteiger partial charge in [-0.2, -0.15) is 0 Å². The quantitative estimate of drug-likeness (QED) is 0.201. The molecule has 0 amide bonds. The molecule has 4 rings (SSSR count). The molecule has 0 aromatic carbocycles. The molecule has 0 bridgehead atoms. The highest BCUT2D eigenvalue weighted by molar-refractivity contribution is 14.2. The van der Waals surface area contributed by atoms with Crippen LogP contribution in [0.4, 0.5) is 14.6 Å². The average Bonchev–Trinajstić information content (AvgIpc) is 3.23. The van der Waals surface area contributed by atoms with E-state index in [0.29, 0.717) is 22.2 Å². The van der Waals surface area contributed by atoms with Gasteiger partial charge in [-0.1, -0.05) is 0 Å². The van der Waals surface area contributed by atoms with E-state index in [0.717, 1.165) is 6.20 Å². The van der Waals surface area contributed by atoms with Gasteiger partial charge in [0.25, 0.3) is 0 Å². The van der Waals surface area contributed by atoms with Crippen LogP contribution in [0.1, 0.15) is 20.8 Å². The molecule has 0 saturated heterocycles. The Bertz CT molecular complexity index is 1370. The Kier molecular flexibility index (Phi) is 7.79. The SMILES string of the molecule is CCOC(=O)[C@@H](C)[C@H](C)Nc1nc(-c2cn(SI)c3ncc(F)cc23)nc(-c2ccncc2)c1F. The molecule has 0 aliphatic carbocycles. The number of nitrogens with zero attached hydrogens (tertiary/aromatic N) is 5. The van der Waals surface area contributed by atoms with Crippen LogP contribution in [0.25, 0.3) is 33.7 Å². The van der Waals surface area contributed by atoms with E-state index in [1.807, 2.05) is 0 Å². The van der Waals surface area contributed by atoms with Gasteiger partial charge in [0.2, 0.25) is 0 Å². The lowest BCUT2D eigenvalue weighted by Crippen LogP contribution is -2.32. The van der Waals surface area contributed by atoms with Crippen molar-refractivity contribution in [2.24, 2.45) is 5.92 Å². The molecule has 0 spiro atoms. The zero-order valence-electron chi connectivity index (χ0n) is 19.0. The maximum atomic E-state index is 15.7. The molecule has 0 aliphatic heterocycles. The van der Waals surface area contributed by atoms with Crippen molar-refractivity contribution < 1.29 is 18.3 Å². The first-order valence-electron chi connectivity index (χ1n) is 10.7. The summed E-state index contributed by atoms with van der Waals surface area (Å²) in [6.07, 6.45) is 5.93. The van der Waals surface area contributed by atoms with Gasteiger partial charge in [-0.15, -0.1) is 0 Å². The van der Waals surface area contributed by atoms with Crippen LogP contribution < -0.4 is 5.32 Å². The first-order valence-corrected chi connectivity index (χ1v) is 14.0. The molecule has 4 aromatic rings. The van der Waals surface area contributed by atoms with E-state index in [1.165, 1.54) is 27.6 Å². The molecule has 0 saturated carbocycles. The van der Waals surface area contributed by atoms with E-state index in [2.05, 4.69) is 46.5 Å². The van der Waals surface area contributed by atoms with Crippen molar-refractivity contribution in [3.05, 3.63) is 54.6 Å². The molecule has 4 heterocycles. The van der Waals surface area contributed by atoms with Crippen molar-refractivity contribution in [2.75, 3.05) is 11.9 Å². The second-order valence-electron chi connectivity index (χ2n) is 7.73. The fourth-order valence-corrected chi connectivity index (χ4v) is 4.72. The summed E-state index contributed by atoms with van der Waals surface area (Å²) in [4.78, 5) is 29.3. The Balaban J connectivity index is 1.87.